The second-order valence-corrected chi connectivity index (χ2v) is 9.67. The monoisotopic (exact) mass is 398 g/mol. The van der Waals surface area contributed by atoms with Gasteiger partial charge >= 0.3 is 0 Å². The predicted octanol–water partition coefficient (Wildman–Crippen LogP) is 3.44. The summed E-state index contributed by atoms with van der Waals surface area (Å²) in [5.41, 5.74) is -0.245. The van der Waals surface area contributed by atoms with Crippen LogP contribution in [0.5, 0.6) is 0 Å². The number of likely N-dealkylation sites (N-methyl/N-ethyl adjacent to an activating group) is 1. The van der Waals surface area contributed by atoms with Crippen molar-refractivity contribution >= 4 is 12.2 Å². The molecule has 0 aromatic carbocycles. The van der Waals surface area contributed by atoms with E-state index in [1.54, 1.807) is 0 Å². The molecule has 2 N–H and O–H groups in total. The van der Waals surface area contributed by atoms with Crippen molar-refractivity contribution in [2.75, 3.05) is 33.4 Å². The largest absolute Gasteiger partial charge is 0.354 e. The summed E-state index contributed by atoms with van der Waals surface area (Å²) in [6.45, 7) is 10.7. The van der Waals surface area contributed by atoms with Crippen LogP contribution in [0.25, 0.3) is 0 Å². The van der Waals surface area contributed by atoms with Gasteiger partial charge in [0.25, 0.3) is 0 Å². The summed E-state index contributed by atoms with van der Waals surface area (Å²) in [6.07, 6.45) is 8.06. The van der Waals surface area contributed by atoms with Crippen LogP contribution in [-0.4, -0.2) is 51.3 Å². The average molecular weight is 399 g/mol. The molecule has 1 rings (SSSR count). The number of carbonyl (C=O) groups excluding carboxylic acids is 2. The fraction of sp³-hybridized carbons (Fsp3) is 0.909. The zero-order valence-electron chi connectivity index (χ0n) is 18.7. The molecule has 0 aromatic rings. The van der Waals surface area contributed by atoms with Crippen molar-refractivity contribution in [3.8, 4) is 0 Å². The number of nitrogens with one attached hydrogen (secondary N) is 2. The molecule has 28 heavy (non-hydrogen) atoms. The van der Waals surface area contributed by atoms with Crippen LogP contribution in [0.4, 0.5) is 0 Å². The maximum absolute atomic E-state index is 12.4. The lowest BCUT2D eigenvalue weighted by molar-refractivity contribution is -0.250. The predicted molar refractivity (Wildman–Crippen MR) is 112 cm³/mol. The van der Waals surface area contributed by atoms with Crippen LogP contribution < -0.4 is 10.6 Å². The molecule has 0 bridgehead atoms. The number of amides is 1. The van der Waals surface area contributed by atoms with Gasteiger partial charge in [-0.3, -0.25) is 4.79 Å². The Bertz CT molecular complexity index is 471. The third-order valence-electron chi connectivity index (χ3n) is 5.35. The summed E-state index contributed by atoms with van der Waals surface area (Å²) in [5, 5.41) is 6.07. The Morgan fingerprint density at radius 1 is 1.00 bits per heavy atom. The first-order chi connectivity index (χ1) is 13.1. The number of rotatable bonds is 14. The molecular formula is C22H42N2O4. The lowest BCUT2D eigenvalue weighted by atomic mass is 9.72. The molecule has 0 unspecified atom stereocenters. The SMILES string of the molecule is CNCCOC1(OCCNC(=O)CC(C)(C)CC(C)(C)CC=O)CCCCC1. The highest BCUT2D eigenvalue weighted by molar-refractivity contribution is 5.76. The van der Waals surface area contributed by atoms with Crippen molar-refractivity contribution < 1.29 is 19.1 Å². The van der Waals surface area contributed by atoms with Gasteiger partial charge in [0.2, 0.25) is 5.91 Å². The molecule has 0 aliphatic heterocycles. The molecule has 1 aliphatic rings. The molecule has 164 valence electrons. The summed E-state index contributed by atoms with van der Waals surface area (Å²) in [5.74, 6) is -0.456. The molecule has 0 atom stereocenters. The van der Waals surface area contributed by atoms with Gasteiger partial charge in [0.15, 0.2) is 5.79 Å². The van der Waals surface area contributed by atoms with Crippen molar-refractivity contribution in [2.24, 2.45) is 10.8 Å². The van der Waals surface area contributed by atoms with Crippen molar-refractivity contribution in [1.29, 1.82) is 0 Å². The fourth-order valence-electron chi connectivity index (χ4n) is 4.34. The Labute approximate surface area is 171 Å². The fourth-order valence-corrected chi connectivity index (χ4v) is 4.34. The highest BCUT2D eigenvalue weighted by atomic mass is 16.7. The maximum atomic E-state index is 12.4. The minimum Gasteiger partial charge on any atom is -0.354 e. The minimum atomic E-state index is -0.488. The number of aldehydes is 1. The number of hydrogen-bond acceptors (Lipinski definition) is 5. The van der Waals surface area contributed by atoms with Crippen LogP contribution in [-0.2, 0) is 19.1 Å². The average Bonchev–Trinajstić information content (AvgIpc) is 2.58. The van der Waals surface area contributed by atoms with Crippen LogP contribution >= 0.6 is 0 Å². The van der Waals surface area contributed by atoms with Crippen LogP contribution in [0.3, 0.4) is 0 Å². The summed E-state index contributed by atoms with van der Waals surface area (Å²) < 4.78 is 12.2. The Balaban J connectivity index is 2.38. The van der Waals surface area contributed by atoms with Gasteiger partial charge in [-0.05, 0) is 37.1 Å². The topological polar surface area (TPSA) is 76.7 Å². The maximum Gasteiger partial charge on any atom is 0.220 e. The lowest BCUT2D eigenvalue weighted by Crippen LogP contribution is -2.42. The zero-order valence-corrected chi connectivity index (χ0v) is 18.7. The van der Waals surface area contributed by atoms with E-state index >= 15 is 0 Å². The number of hydrogen-bond donors (Lipinski definition) is 2. The van der Waals surface area contributed by atoms with E-state index in [0.717, 1.165) is 44.9 Å². The van der Waals surface area contributed by atoms with E-state index in [0.29, 0.717) is 32.6 Å². The van der Waals surface area contributed by atoms with E-state index in [2.05, 4.69) is 38.3 Å². The standard InChI is InChI=1S/C22H42N2O4/c1-20(2,11-14-25)18-21(3,4)17-19(26)24-13-16-28-22(27-15-12-23-5)9-7-6-8-10-22/h14,23H,6-13,15-18H2,1-5H3,(H,24,26). The van der Waals surface area contributed by atoms with Gasteiger partial charge in [0.1, 0.15) is 6.29 Å². The molecule has 1 saturated carbocycles. The first-order valence-corrected chi connectivity index (χ1v) is 10.8. The second-order valence-electron chi connectivity index (χ2n) is 9.67. The lowest BCUT2D eigenvalue weighted by Gasteiger charge is -2.37. The molecule has 0 spiro atoms. The first-order valence-electron chi connectivity index (χ1n) is 10.8. The number of carbonyl (C=O) groups is 2. The van der Waals surface area contributed by atoms with Crippen molar-refractivity contribution in [3.05, 3.63) is 0 Å². The van der Waals surface area contributed by atoms with Gasteiger partial charge in [-0.25, -0.2) is 0 Å². The molecule has 0 heterocycles. The van der Waals surface area contributed by atoms with E-state index in [-0.39, 0.29) is 16.7 Å². The molecule has 0 radical (unpaired) electrons. The highest BCUT2D eigenvalue weighted by Gasteiger charge is 2.34. The third kappa shape index (κ3) is 9.99. The van der Waals surface area contributed by atoms with E-state index in [1.807, 2.05) is 7.05 Å². The smallest absolute Gasteiger partial charge is 0.220 e. The molecule has 0 saturated heterocycles. The van der Waals surface area contributed by atoms with Crippen molar-refractivity contribution in [3.63, 3.8) is 0 Å². The summed E-state index contributed by atoms with van der Waals surface area (Å²) in [6, 6.07) is 0. The highest BCUT2D eigenvalue weighted by Crippen LogP contribution is 2.37. The van der Waals surface area contributed by atoms with Crippen molar-refractivity contribution in [2.45, 2.75) is 84.8 Å². The van der Waals surface area contributed by atoms with Crippen LogP contribution in [0, 0.1) is 10.8 Å². The molecule has 0 aromatic heterocycles. The second kappa shape index (κ2) is 11.9. The summed E-state index contributed by atoms with van der Waals surface area (Å²) >= 11 is 0. The Morgan fingerprint density at radius 2 is 1.61 bits per heavy atom. The van der Waals surface area contributed by atoms with E-state index in [9.17, 15) is 9.59 Å². The normalized spacial score (nSPS) is 17.3. The Hall–Kier alpha value is -0.980. The van der Waals surface area contributed by atoms with Crippen LogP contribution in [0.15, 0.2) is 0 Å². The van der Waals surface area contributed by atoms with E-state index in [4.69, 9.17) is 9.47 Å². The van der Waals surface area contributed by atoms with Crippen LogP contribution in [0.2, 0.25) is 0 Å². The van der Waals surface area contributed by atoms with Crippen molar-refractivity contribution in [1.82, 2.24) is 10.6 Å². The third-order valence-corrected chi connectivity index (χ3v) is 5.35. The van der Waals surface area contributed by atoms with Gasteiger partial charge < -0.3 is 24.9 Å². The quantitative estimate of drug-likeness (QED) is 0.266. The molecule has 1 fully saturated rings. The number of ether oxygens (including phenoxy) is 2. The molecular weight excluding hydrogens is 356 g/mol. The first kappa shape index (κ1) is 25.1. The Morgan fingerprint density at radius 3 is 2.18 bits per heavy atom. The van der Waals surface area contributed by atoms with E-state index < -0.39 is 5.79 Å². The molecule has 6 heteroatoms. The van der Waals surface area contributed by atoms with Gasteiger partial charge in [-0.2, -0.15) is 0 Å². The molecule has 1 aliphatic carbocycles. The van der Waals surface area contributed by atoms with Crippen LogP contribution in [0.1, 0.15) is 79.1 Å². The van der Waals surface area contributed by atoms with Gasteiger partial charge in [-0.15, -0.1) is 0 Å². The van der Waals surface area contributed by atoms with Gasteiger partial charge in [0.05, 0.1) is 13.2 Å². The minimum absolute atomic E-state index is 0.0318. The van der Waals surface area contributed by atoms with Gasteiger partial charge in [0, 0.05) is 38.8 Å². The Kier molecular flexibility index (Phi) is 10.6. The molecule has 6 nitrogen and oxygen atoms in total. The summed E-state index contributed by atoms with van der Waals surface area (Å²) in [7, 11) is 1.91. The van der Waals surface area contributed by atoms with Gasteiger partial charge in [-0.1, -0.05) is 34.1 Å². The molecule has 1 amide bonds. The summed E-state index contributed by atoms with van der Waals surface area (Å²) in [4.78, 5) is 23.2. The van der Waals surface area contributed by atoms with E-state index in [1.165, 1.54) is 6.42 Å². The zero-order chi connectivity index (χ0) is 21.1.